The smallest absolute Gasteiger partial charge is 0.356 e. The molecule has 9 nitrogen and oxygen atoms in total. The highest BCUT2D eigenvalue weighted by atomic mass is 16.5. The van der Waals surface area contributed by atoms with Crippen LogP contribution in [0.2, 0.25) is 0 Å². The summed E-state index contributed by atoms with van der Waals surface area (Å²) in [5, 5.41) is 3.54. The quantitative estimate of drug-likeness (QED) is 0.573. The molecule has 2 atom stereocenters. The first-order chi connectivity index (χ1) is 14.5. The van der Waals surface area contributed by atoms with Crippen molar-refractivity contribution in [2.45, 2.75) is 19.8 Å². The predicted octanol–water partition coefficient (Wildman–Crippen LogP) is 0.760. The third-order valence-corrected chi connectivity index (χ3v) is 5.31. The number of piperidine rings is 1. The minimum atomic E-state index is -0.576. The molecule has 1 aliphatic rings. The van der Waals surface area contributed by atoms with Crippen LogP contribution in [0.3, 0.4) is 0 Å². The van der Waals surface area contributed by atoms with E-state index in [0.717, 1.165) is 24.3 Å². The van der Waals surface area contributed by atoms with Gasteiger partial charge < -0.3 is 29.4 Å². The molecule has 1 saturated heterocycles. The van der Waals surface area contributed by atoms with Crippen LogP contribution in [0, 0.1) is 5.92 Å². The number of fused-ring (bicyclic) bond motifs is 1. The number of hydrogen-bond acceptors (Lipinski definition) is 6. The van der Waals surface area contributed by atoms with Crippen molar-refractivity contribution < 1.29 is 33.5 Å². The number of carbonyl (C=O) groups is 3. The Kier molecular flexibility index (Phi) is 6.94. The maximum absolute atomic E-state index is 12.8. The number of nitrogens with one attached hydrogen (secondary N) is 3. The lowest BCUT2D eigenvalue weighted by molar-refractivity contribution is -0.899. The van der Waals surface area contributed by atoms with Gasteiger partial charge in [0.05, 0.1) is 45.1 Å². The molecule has 0 spiro atoms. The van der Waals surface area contributed by atoms with Gasteiger partial charge in [0.2, 0.25) is 0 Å². The Morgan fingerprint density at radius 2 is 2.07 bits per heavy atom. The minimum Gasteiger partial charge on any atom is -0.497 e. The van der Waals surface area contributed by atoms with Gasteiger partial charge in [0.25, 0.3) is 5.91 Å². The molecule has 0 aliphatic carbocycles. The van der Waals surface area contributed by atoms with E-state index in [1.807, 2.05) is 0 Å². The zero-order chi connectivity index (χ0) is 21.7. The van der Waals surface area contributed by atoms with Crippen LogP contribution in [0.15, 0.2) is 18.2 Å². The third-order valence-electron chi connectivity index (χ3n) is 5.31. The van der Waals surface area contributed by atoms with Gasteiger partial charge in [0, 0.05) is 11.5 Å². The number of ether oxygens (including phenoxy) is 3. The Balaban J connectivity index is 1.75. The first-order valence-corrected chi connectivity index (χ1v) is 10.0. The molecule has 3 N–H and O–H groups in total. The van der Waals surface area contributed by atoms with E-state index in [1.54, 1.807) is 32.2 Å². The average molecular weight is 418 g/mol. The van der Waals surface area contributed by atoms with Crippen molar-refractivity contribution in [3.05, 3.63) is 23.9 Å². The van der Waals surface area contributed by atoms with Crippen molar-refractivity contribution in [2.75, 3.05) is 45.8 Å². The molecular weight excluding hydrogens is 390 g/mol. The lowest BCUT2D eigenvalue weighted by atomic mass is 9.98. The molecule has 1 aromatic heterocycles. The molecule has 1 aliphatic heterocycles. The first-order valence-electron chi connectivity index (χ1n) is 10.0. The normalized spacial score (nSPS) is 18.6. The molecule has 162 valence electrons. The zero-order valence-electron chi connectivity index (χ0n) is 17.5. The molecule has 0 radical (unpaired) electrons. The molecule has 1 amide bonds. The highest BCUT2D eigenvalue weighted by molar-refractivity contribution is 6.11. The molecule has 0 saturated carbocycles. The Morgan fingerprint density at radius 3 is 2.77 bits per heavy atom. The molecule has 2 heterocycles. The molecular formula is C21H28N3O6+. The number of esters is 2. The molecule has 30 heavy (non-hydrogen) atoms. The zero-order valence-corrected chi connectivity index (χ0v) is 17.5. The molecule has 0 bridgehead atoms. The van der Waals surface area contributed by atoms with Crippen LogP contribution < -0.4 is 15.0 Å². The third kappa shape index (κ3) is 4.73. The number of aromatic nitrogens is 1. The van der Waals surface area contributed by atoms with Gasteiger partial charge in [-0.1, -0.05) is 0 Å². The number of methoxy groups -OCH3 is 2. The fraction of sp³-hybridized carbons (Fsp3) is 0.476. The largest absolute Gasteiger partial charge is 0.497 e. The highest BCUT2D eigenvalue weighted by Gasteiger charge is 2.31. The van der Waals surface area contributed by atoms with Gasteiger partial charge in [-0.2, -0.15) is 0 Å². The lowest BCUT2D eigenvalue weighted by Crippen LogP contribution is -3.14. The number of aromatic amines is 1. The van der Waals surface area contributed by atoms with E-state index in [1.165, 1.54) is 7.11 Å². The van der Waals surface area contributed by atoms with Gasteiger partial charge >= 0.3 is 11.9 Å². The van der Waals surface area contributed by atoms with Crippen molar-refractivity contribution in [1.29, 1.82) is 0 Å². The number of H-pyrrole nitrogens is 1. The van der Waals surface area contributed by atoms with Crippen molar-refractivity contribution in [2.24, 2.45) is 5.92 Å². The molecule has 1 aromatic carbocycles. The van der Waals surface area contributed by atoms with Gasteiger partial charge in [-0.05, 0) is 31.9 Å². The summed E-state index contributed by atoms with van der Waals surface area (Å²) >= 11 is 0. The summed E-state index contributed by atoms with van der Waals surface area (Å²) in [6, 6.07) is 5.28. The highest BCUT2D eigenvalue weighted by Crippen LogP contribution is 2.31. The van der Waals surface area contributed by atoms with Gasteiger partial charge in [-0.3, -0.25) is 9.59 Å². The molecule has 1 unspecified atom stereocenters. The summed E-state index contributed by atoms with van der Waals surface area (Å²) in [6.07, 6.45) is 1.63. The second kappa shape index (κ2) is 9.62. The van der Waals surface area contributed by atoms with E-state index in [-0.39, 0.29) is 30.0 Å². The van der Waals surface area contributed by atoms with Crippen LogP contribution in [-0.2, 0) is 19.1 Å². The molecule has 2 aromatic rings. The van der Waals surface area contributed by atoms with Gasteiger partial charge in [0.1, 0.15) is 17.4 Å². The summed E-state index contributed by atoms with van der Waals surface area (Å²) in [5.74, 6) is -0.577. The standard InChI is InChI=1S/C21H27N3O6/c1-4-30-20(26)13-6-5-9-24(11-13)12-17(25)23-18-15-8-7-14(28-2)10-16(15)22-19(18)21(27)29-3/h7-8,10,13,22H,4-6,9,11-12H2,1-3H3,(H,23,25)/p+1/t13-/m1/s1. The summed E-state index contributed by atoms with van der Waals surface area (Å²) in [4.78, 5) is 41.0. The topological polar surface area (TPSA) is 111 Å². The summed E-state index contributed by atoms with van der Waals surface area (Å²) < 4.78 is 15.2. The monoisotopic (exact) mass is 418 g/mol. The van der Waals surface area contributed by atoms with Crippen LogP contribution in [0.5, 0.6) is 5.75 Å². The Bertz CT molecular complexity index is 938. The average Bonchev–Trinajstić information content (AvgIpc) is 3.10. The molecule has 9 heteroatoms. The van der Waals surface area contributed by atoms with E-state index in [2.05, 4.69) is 10.3 Å². The van der Waals surface area contributed by atoms with E-state index in [4.69, 9.17) is 14.2 Å². The first kappa shape index (κ1) is 21.6. The fourth-order valence-corrected chi connectivity index (χ4v) is 3.87. The molecule has 1 fully saturated rings. The number of hydrogen-bond donors (Lipinski definition) is 3. The van der Waals surface area contributed by atoms with E-state index >= 15 is 0 Å². The second-order valence-electron chi connectivity index (χ2n) is 7.30. The fourth-order valence-electron chi connectivity index (χ4n) is 3.87. The predicted molar refractivity (Wildman–Crippen MR) is 110 cm³/mol. The van der Waals surface area contributed by atoms with E-state index < -0.39 is 5.97 Å². The number of carbonyl (C=O) groups excluding carboxylic acids is 3. The van der Waals surface area contributed by atoms with E-state index in [9.17, 15) is 14.4 Å². The van der Waals surface area contributed by atoms with Crippen LogP contribution >= 0.6 is 0 Å². The van der Waals surface area contributed by atoms with Crippen LogP contribution in [0.25, 0.3) is 10.9 Å². The Labute approximate surface area is 174 Å². The van der Waals surface area contributed by atoms with Gasteiger partial charge in [-0.15, -0.1) is 0 Å². The number of benzene rings is 1. The lowest BCUT2D eigenvalue weighted by Gasteiger charge is -2.28. The number of amides is 1. The summed E-state index contributed by atoms with van der Waals surface area (Å²) in [7, 11) is 2.84. The van der Waals surface area contributed by atoms with Crippen LogP contribution in [-0.4, -0.2) is 63.3 Å². The second-order valence-corrected chi connectivity index (χ2v) is 7.30. The molecule has 3 rings (SSSR count). The Hall–Kier alpha value is -3.07. The SMILES string of the molecule is CCOC(=O)[C@@H]1CCC[NH+](CC(=O)Nc2c(C(=O)OC)[nH]c3cc(OC)ccc23)C1. The van der Waals surface area contributed by atoms with Crippen molar-refractivity contribution in [3.8, 4) is 5.75 Å². The van der Waals surface area contributed by atoms with Gasteiger partial charge in [-0.25, -0.2) is 4.79 Å². The maximum Gasteiger partial charge on any atom is 0.356 e. The number of quaternary nitrogens is 1. The summed E-state index contributed by atoms with van der Waals surface area (Å²) in [6.45, 7) is 3.69. The van der Waals surface area contributed by atoms with Crippen molar-refractivity contribution >= 4 is 34.4 Å². The van der Waals surface area contributed by atoms with Crippen LogP contribution in [0.4, 0.5) is 5.69 Å². The Morgan fingerprint density at radius 1 is 1.27 bits per heavy atom. The van der Waals surface area contributed by atoms with Crippen LogP contribution in [0.1, 0.15) is 30.3 Å². The van der Waals surface area contributed by atoms with Crippen molar-refractivity contribution in [1.82, 2.24) is 4.98 Å². The maximum atomic E-state index is 12.8. The minimum absolute atomic E-state index is 0.173. The number of likely N-dealkylation sites (tertiary alicyclic amines) is 1. The number of rotatable bonds is 7. The summed E-state index contributed by atoms with van der Waals surface area (Å²) in [5.41, 5.74) is 1.20. The van der Waals surface area contributed by atoms with Gasteiger partial charge in [0.15, 0.2) is 6.54 Å². The van der Waals surface area contributed by atoms with E-state index in [0.29, 0.717) is 35.5 Å². The number of anilines is 1. The van der Waals surface area contributed by atoms with Crippen molar-refractivity contribution in [3.63, 3.8) is 0 Å².